The van der Waals surface area contributed by atoms with E-state index in [2.05, 4.69) is 5.32 Å². The summed E-state index contributed by atoms with van der Waals surface area (Å²) in [5, 5.41) is 11.2. The van der Waals surface area contributed by atoms with Crippen molar-refractivity contribution in [2.75, 3.05) is 6.54 Å². The molecular weight excluding hydrogens is 225 g/mol. The zero-order valence-electron chi connectivity index (χ0n) is 9.44. The van der Waals surface area contributed by atoms with Crippen LogP contribution in [0, 0.1) is 11.7 Å². The zero-order valence-corrected chi connectivity index (χ0v) is 9.44. The molecule has 2 N–H and O–H groups in total. The van der Waals surface area contributed by atoms with Crippen LogP contribution in [0.15, 0.2) is 24.3 Å². The summed E-state index contributed by atoms with van der Waals surface area (Å²) in [5.41, 5.74) is 0.356. The largest absolute Gasteiger partial charge is 0.481 e. The number of carbonyl (C=O) groups excluding carboxylic acids is 1. The summed E-state index contributed by atoms with van der Waals surface area (Å²) in [6.45, 7) is 1.86. The summed E-state index contributed by atoms with van der Waals surface area (Å²) in [6.07, 6.45) is 0.363. The maximum atomic E-state index is 12.6. The van der Waals surface area contributed by atoms with Gasteiger partial charge in [0.1, 0.15) is 5.82 Å². The van der Waals surface area contributed by atoms with Crippen LogP contribution in [0.1, 0.15) is 23.7 Å². The topological polar surface area (TPSA) is 66.4 Å². The Morgan fingerprint density at radius 1 is 1.35 bits per heavy atom. The zero-order chi connectivity index (χ0) is 12.8. The smallest absolute Gasteiger partial charge is 0.306 e. The van der Waals surface area contributed by atoms with Gasteiger partial charge in [-0.05, 0) is 30.7 Å². The number of amides is 1. The molecule has 0 spiro atoms. The Balaban J connectivity index is 2.40. The molecule has 17 heavy (non-hydrogen) atoms. The highest BCUT2D eigenvalue weighted by molar-refractivity contribution is 5.94. The monoisotopic (exact) mass is 239 g/mol. The van der Waals surface area contributed by atoms with Gasteiger partial charge < -0.3 is 10.4 Å². The maximum Gasteiger partial charge on any atom is 0.306 e. The van der Waals surface area contributed by atoms with E-state index >= 15 is 0 Å². The molecule has 1 atom stereocenters. The van der Waals surface area contributed by atoms with E-state index in [0.29, 0.717) is 12.0 Å². The van der Waals surface area contributed by atoms with Crippen LogP contribution in [0.3, 0.4) is 0 Å². The van der Waals surface area contributed by atoms with E-state index < -0.39 is 17.7 Å². The highest BCUT2D eigenvalue weighted by Gasteiger charge is 2.11. The summed E-state index contributed by atoms with van der Waals surface area (Å²) < 4.78 is 12.6. The first-order valence-corrected chi connectivity index (χ1v) is 5.27. The molecule has 0 fully saturated rings. The number of hydrogen-bond donors (Lipinski definition) is 2. The number of aliphatic carboxylic acids is 1. The molecule has 1 aromatic carbocycles. The van der Waals surface area contributed by atoms with Gasteiger partial charge in [0.2, 0.25) is 0 Å². The lowest BCUT2D eigenvalue weighted by Crippen LogP contribution is -2.27. The summed E-state index contributed by atoms with van der Waals surface area (Å²) in [5.74, 6) is -2.12. The van der Waals surface area contributed by atoms with Crippen molar-refractivity contribution in [3.8, 4) is 0 Å². The highest BCUT2D eigenvalue weighted by atomic mass is 19.1. The number of carbonyl (C=O) groups is 2. The number of hydrogen-bond acceptors (Lipinski definition) is 2. The van der Waals surface area contributed by atoms with E-state index in [0.717, 1.165) is 0 Å². The van der Waals surface area contributed by atoms with Gasteiger partial charge in [-0.1, -0.05) is 6.92 Å². The minimum absolute atomic E-state index is 0.281. The Morgan fingerprint density at radius 3 is 2.47 bits per heavy atom. The van der Waals surface area contributed by atoms with Crippen LogP contribution >= 0.6 is 0 Å². The fraction of sp³-hybridized carbons (Fsp3) is 0.333. The number of carboxylic acids is 1. The van der Waals surface area contributed by atoms with Crippen molar-refractivity contribution in [3.05, 3.63) is 35.6 Å². The molecule has 0 heterocycles. The average molecular weight is 239 g/mol. The first-order chi connectivity index (χ1) is 8.00. The molecule has 0 radical (unpaired) electrons. The third-order valence-electron chi connectivity index (χ3n) is 2.39. The van der Waals surface area contributed by atoms with Gasteiger partial charge in [0, 0.05) is 12.1 Å². The molecule has 92 valence electrons. The lowest BCUT2D eigenvalue weighted by molar-refractivity contribution is -0.141. The second-order valence-corrected chi connectivity index (χ2v) is 3.79. The predicted molar refractivity (Wildman–Crippen MR) is 60.2 cm³/mol. The highest BCUT2D eigenvalue weighted by Crippen LogP contribution is 2.03. The van der Waals surface area contributed by atoms with Crippen molar-refractivity contribution in [1.82, 2.24) is 5.32 Å². The average Bonchev–Trinajstić information content (AvgIpc) is 2.29. The summed E-state index contributed by atoms with van der Waals surface area (Å²) >= 11 is 0. The molecule has 0 aromatic heterocycles. The minimum Gasteiger partial charge on any atom is -0.481 e. The molecule has 0 saturated carbocycles. The molecule has 0 aliphatic rings. The molecular formula is C12H14FNO3. The molecule has 0 bridgehead atoms. The lowest BCUT2D eigenvalue weighted by atomic mass is 10.1. The van der Waals surface area contributed by atoms with E-state index in [-0.39, 0.29) is 12.5 Å². The van der Waals surface area contributed by atoms with E-state index in [1.165, 1.54) is 24.3 Å². The Hall–Kier alpha value is -1.91. The minimum atomic E-state index is -0.888. The fourth-order valence-corrected chi connectivity index (χ4v) is 1.23. The van der Waals surface area contributed by atoms with Gasteiger partial charge in [0.05, 0.1) is 5.92 Å². The van der Waals surface area contributed by atoms with Crippen molar-refractivity contribution in [3.63, 3.8) is 0 Å². The van der Waals surface area contributed by atoms with Gasteiger partial charge >= 0.3 is 5.97 Å². The SMILES string of the molecule is CC(CCNC(=O)c1ccc(F)cc1)C(=O)O. The predicted octanol–water partition coefficient (Wildman–Crippen LogP) is 1.67. The molecule has 1 rings (SSSR count). The molecule has 0 aliphatic heterocycles. The lowest BCUT2D eigenvalue weighted by Gasteiger charge is -2.07. The first-order valence-electron chi connectivity index (χ1n) is 5.27. The molecule has 1 aromatic rings. The third kappa shape index (κ3) is 4.22. The van der Waals surface area contributed by atoms with Crippen molar-refractivity contribution in [2.45, 2.75) is 13.3 Å². The molecule has 1 amide bonds. The molecule has 4 nitrogen and oxygen atoms in total. The fourth-order valence-electron chi connectivity index (χ4n) is 1.23. The van der Waals surface area contributed by atoms with Crippen molar-refractivity contribution < 1.29 is 19.1 Å². The van der Waals surface area contributed by atoms with Crippen LogP contribution in [-0.2, 0) is 4.79 Å². The van der Waals surface area contributed by atoms with Gasteiger partial charge in [-0.2, -0.15) is 0 Å². The Labute approximate surface area is 98.5 Å². The van der Waals surface area contributed by atoms with Crippen molar-refractivity contribution in [1.29, 1.82) is 0 Å². The molecule has 5 heteroatoms. The summed E-state index contributed by atoms with van der Waals surface area (Å²) in [4.78, 5) is 22.1. The van der Waals surface area contributed by atoms with Gasteiger partial charge in [-0.25, -0.2) is 4.39 Å². The van der Waals surface area contributed by atoms with Crippen LogP contribution in [0.5, 0.6) is 0 Å². The first kappa shape index (κ1) is 13.2. The van der Waals surface area contributed by atoms with Crippen LogP contribution in [0.25, 0.3) is 0 Å². The molecule has 0 saturated heterocycles. The van der Waals surface area contributed by atoms with Gasteiger partial charge in [-0.15, -0.1) is 0 Å². The maximum absolute atomic E-state index is 12.6. The Morgan fingerprint density at radius 2 is 1.94 bits per heavy atom. The van der Waals surface area contributed by atoms with Gasteiger partial charge in [0.15, 0.2) is 0 Å². The molecule has 0 aliphatic carbocycles. The Kier molecular flexibility index (Phi) is 4.63. The second-order valence-electron chi connectivity index (χ2n) is 3.79. The van der Waals surface area contributed by atoms with Crippen molar-refractivity contribution in [2.24, 2.45) is 5.92 Å². The third-order valence-corrected chi connectivity index (χ3v) is 2.39. The van der Waals surface area contributed by atoms with E-state index in [1.54, 1.807) is 6.92 Å². The van der Waals surface area contributed by atoms with Crippen LogP contribution in [0.2, 0.25) is 0 Å². The summed E-state index contributed by atoms with van der Waals surface area (Å²) in [6, 6.07) is 5.17. The molecule has 1 unspecified atom stereocenters. The standard InChI is InChI=1S/C12H14FNO3/c1-8(12(16)17)6-7-14-11(15)9-2-4-10(13)5-3-9/h2-5,8H,6-7H2,1H3,(H,14,15)(H,16,17). The van der Waals surface area contributed by atoms with Crippen LogP contribution < -0.4 is 5.32 Å². The number of rotatable bonds is 5. The quantitative estimate of drug-likeness (QED) is 0.821. The van der Waals surface area contributed by atoms with E-state index in [9.17, 15) is 14.0 Å². The normalized spacial score (nSPS) is 11.9. The van der Waals surface area contributed by atoms with Crippen molar-refractivity contribution >= 4 is 11.9 Å². The number of benzene rings is 1. The number of halogens is 1. The Bertz CT molecular complexity index is 403. The van der Waals surface area contributed by atoms with E-state index in [1.807, 2.05) is 0 Å². The summed E-state index contributed by atoms with van der Waals surface area (Å²) in [7, 11) is 0. The number of carboxylic acid groups (broad SMARTS) is 1. The van der Waals surface area contributed by atoms with Crippen LogP contribution in [0.4, 0.5) is 4.39 Å². The van der Waals surface area contributed by atoms with Gasteiger partial charge in [-0.3, -0.25) is 9.59 Å². The van der Waals surface area contributed by atoms with Crippen LogP contribution in [-0.4, -0.2) is 23.5 Å². The van der Waals surface area contributed by atoms with Gasteiger partial charge in [0.25, 0.3) is 5.91 Å². The second kappa shape index (κ2) is 5.98. The number of nitrogens with one attached hydrogen (secondary N) is 1. The van der Waals surface area contributed by atoms with E-state index in [4.69, 9.17) is 5.11 Å².